The second-order valence-electron chi connectivity index (χ2n) is 4.37. The van der Waals surface area contributed by atoms with Gasteiger partial charge in [-0.15, -0.1) is 24.9 Å². The Hall–Kier alpha value is -0.600. The number of hydrogen-bond acceptors (Lipinski definition) is 5. The SMILES string of the molecule is N=C1C=C2SCCCN3C2=C(C1)SC3OC(F)(F)F. The predicted octanol–water partition coefficient (Wildman–Crippen LogP) is 3.51. The summed E-state index contributed by atoms with van der Waals surface area (Å²) in [5, 5.41) is 7.76. The lowest BCUT2D eigenvalue weighted by molar-refractivity contribution is -0.341. The molecule has 0 saturated carbocycles. The molecule has 1 aliphatic carbocycles. The van der Waals surface area contributed by atoms with Crippen molar-refractivity contribution in [1.82, 2.24) is 4.90 Å². The van der Waals surface area contributed by atoms with Gasteiger partial charge in [0.15, 0.2) is 5.56 Å². The first-order valence-electron chi connectivity index (χ1n) is 5.77. The van der Waals surface area contributed by atoms with E-state index >= 15 is 0 Å². The van der Waals surface area contributed by atoms with Gasteiger partial charge in [0.05, 0.1) is 5.70 Å². The Kier molecular flexibility index (Phi) is 3.34. The van der Waals surface area contributed by atoms with Crippen LogP contribution in [-0.2, 0) is 4.74 Å². The van der Waals surface area contributed by atoms with Gasteiger partial charge in [-0.1, -0.05) is 11.8 Å². The average Bonchev–Trinajstić information content (AvgIpc) is 2.48. The van der Waals surface area contributed by atoms with Crippen LogP contribution in [0.5, 0.6) is 0 Å². The molecule has 8 heteroatoms. The topological polar surface area (TPSA) is 36.3 Å². The minimum absolute atomic E-state index is 0.401. The zero-order valence-corrected chi connectivity index (χ0v) is 11.4. The van der Waals surface area contributed by atoms with Crippen LogP contribution in [0.15, 0.2) is 21.6 Å². The molecule has 2 aliphatic heterocycles. The number of rotatable bonds is 1. The largest absolute Gasteiger partial charge is 0.525 e. The minimum atomic E-state index is -4.64. The van der Waals surface area contributed by atoms with E-state index in [1.165, 1.54) is 0 Å². The molecule has 3 aliphatic rings. The molecule has 0 spiro atoms. The lowest BCUT2D eigenvalue weighted by Gasteiger charge is -2.28. The lowest BCUT2D eigenvalue weighted by Crippen LogP contribution is -2.35. The van der Waals surface area contributed by atoms with Crippen molar-refractivity contribution in [2.75, 3.05) is 12.3 Å². The first-order valence-corrected chi connectivity index (χ1v) is 7.64. The number of nitrogens with zero attached hydrogens (tertiary/aromatic N) is 1. The fourth-order valence-corrected chi connectivity index (χ4v) is 4.78. The molecular formula is C11H11F3N2OS2. The number of hydrogen-bond donors (Lipinski definition) is 1. The maximum absolute atomic E-state index is 12.4. The standard InChI is InChI=1S/C11H11F3N2OS2/c12-11(13,14)17-10-16-2-1-3-18-7-4-6(15)5-8(19-10)9(7)16/h4,10,15H,1-3,5H2. The number of alkyl halides is 3. The number of allylic oxidation sites excluding steroid dienone is 2. The molecule has 1 atom stereocenters. The Morgan fingerprint density at radius 2 is 2.21 bits per heavy atom. The van der Waals surface area contributed by atoms with Gasteiger partial charge in [0.1, 0.15) is 0 Å². The fourth-order valence-electron chi connectivity index (χ4n) is 2.31. The zero-order valence-electron chi connectivity index (χ0n) is 9.79. The summed E-state index contributed by atoms with van der Waals surface area (Å²) in [7, 11) is 0. The van der Waals surface area contributed by atoms with Crippen molar-refractivity contribution >= 4 is 29.2 Å². The van der Waals surface area contributed by atoms with E-state index in [4.69, 9.17) is 5.41 Å². The van der Waals surface area contributed by atoms with Crippen LogP contribution >= 0.6 is 23.5 Å². The molecule has 0 aromatic heterocycles. The van der Waals surface area contributed by atoms with E-state index in [1.54, 1.807) is 22.7 Å². The molecule has 1 N–H and O–H groups in total. The van der Waals surface area contributed by atoms with Gasteiger partial charge >= 0.3 is 6.36 Å². The molecular weight excluding hydrogens is 297 g/mol. The highest BCUT2D eigenvalue weighted by Gasteiger charge is 2.44. The van der Waals surface area contributed by atoms with E-state index in [1.807, 2.05) is 0 Å². The van der Waals surface area contributed by atoms with E-state index in [2.05, 4.69) is 4.74 Å². The third-order valence-corrected chi connectivity index (χ3v) is 5.26. The number of ether oxygens (including phenoxy) is 1. The molecule has 0 aromatic rings. The van der Waals surface area contributed by atoms with E-state index in [-0.39, 0.29) is 0 Å². The molecule has 3 nitrogen and oxygen atoms in total. The van der Waals surface area contributed by atoms with Crippen molar-refractivity contribution < 1.29 is 17.9 Å². The molecule has 1 saturated heterocycles. The van der Waals surface area contributed by atoms with Gasteiger partial charge in [0.2, 0.25) is 0 Å². The van der Waals surface area contributed by atoms with Crippen molar-refractivity contribution in [2.24, 2.45) is 0 Å². The maximum atomic E-state index is 12.4. The summed E-state index contributed by atoms with van der Waals surface area (Å²) in [5.74, 6) is 0.857. The van der Waals surface area contributed by atoms with Crippen LogP contribution in [0.3, 0.4) is 0 Å². The van der Waals surface area contributed by atoms with Gasteiger partial charge in [0, 0.05) is 28.5 Å². The van der Waals surface area contributed by atoms with Gasteiger partial charge in [-0.25, -0.2) is 0 Å². The smallest absolute Gasteiger partial charge is 0.335 e. The molecule has 19 heavy (non-hydrogen) atoms. The maximum Gasteiger partial charge on any atom is 0.525 e. The Morgan fingerprint density at radius 3 is 2.95 bits per heavy atom. The van der Waals surface area contributed by atoms with E-state index in [0.717, 1.165) is 39.4 Å². The average molecular weight is 308 g/mol. The fraction of sp³-hybridized carbons (Fsp3) is 0.545. The van der Waals surface area contributed by atoms with Crippen LogP contribution in [0, 0.1) is 5.41 Å². The summed E-state index contributed by atoms with van der Waals surface area (Å²) in [6, 6.07) is 0. The van der Waals surface area contributed by atoms with Crippen LogP contribution in [0.2, 0.25) is 0 Å². The highest BCUT2D eigenvalue weighted by atomic mass is 32.2. The van der Waals surface area contributed by atoms with Gasteiger partial charge in [-0.2, -0.15) is 0 Å². The molecule has 3 rings (SSSR count). The van der Waals surface area contributed by atoms with Crippen LogP contribution in [0.25, 0.3) is 0 Å². The number of halogens is 3. The third kappa shape index (κ3) is 2.66. The Bertz CT molecular complexity index is 487. The molecule has 104 valence electrons. The van der Waals surface area contributed by atoms with Gasteiger partial charge in [-0.3, -0.25) is 4.74 Å². The second kappa shape index (κ2) is 4.75. The van der Waals surface area contributed by atoms with Crippen molar-refractivity contribution in [3.05, 3.63) is 21.6 Å². The normalized spacial score (nSPS) is 27.3. The quantitative estimate of drug-likeness (QED) is 0.804. The minimum Gasteiger partial charge on any atom is -0.335 e. The molecule has 1 fully saturated rings. The van der Waals surface area contributed by atoms with Crippen LogP contribution in [0.4, 0.5) is 13.2 Å². The summed E-state index contributed by atoms with van der Waals surface area (Å²) in [6.07, 6.45) is -1.66. The van der Waals surface area contributed by atoms with Crippen LogP contribution in [-0.4, -0.2) is 34.8 Å². The first-order chi connectivity index (χ1) is 8.94. The Balaban J connectivity index is 1.90. The third-order valence-electron chi connectivity index (χ3n) is 2.97. The van der Waals surface area contributed by atoms with Gasteiger partial charge in [-0.05, 0) is 18.2 Å². The van der Waals surface area contributed by atoms with E-state index in [0.29, 0.717) is 18.7 Å². The number of nitrogens with one attached hydrogen (secondary N) is 1. The Labute approximate surface area is 116 Å². The predicted molar refractivity (Wildman–Crippen MR) is 69.8 cm³/mol. The number of thioether (sulfide) groups is 2. The summed E-state index contributed by atoms with van der Waals surface area (Å²) < 4.78 is 41.5. The Morgan fingerprint density at radius 1 is 1.42 bits per heavy atom. The highest BCUT2D eigenvalue weighted by molar-refractivity contribution is 8.04. The molecule has 2 heterocycles. The summed E-state index contributed by atoms with van der Waals surface area (Å²) >= 11 is 2.69. The van der Waals surface area contributed by atoms with E-state index < -0.39 is 11.9 Å². The highest BCUT2D eigenvalue weighted by Crippen LogP contribution is 2.50. The van der Waals surface area contributed by atoms with Crippen molar-refractivity contribution in [1.29, 1.82) is 5.41 Å². The molecule has 0 amide bonds. The lowest BCUT2D eigenvalue weighted by atomic mass is 10.1. The van der Waals surface area contributed by atoms with Crippen molar-refractivity contribution in [3.8, 4) is 0 Å². The molecule has 0 bridgehead atoms. The van der Waals surface area contributed by atoms with Gasteiger partial charge in [0.25, 0.3) is 0 Å². The molecule has 1 unspecified atom stereocenters. The van der Waals surface area contributed by atoms with Crippen molar-refractivity contribution in [2.45, 2.75) is 24.8 Å². The van der Waals surface area contributed by atoms with Crippen LogP contribution < -0.4 is 0 Å². The van der Waals surface area contributed by atoms with E-state index in [9.17, 15) is 13.2 Å². The van der Waals surface area contributed by atoms with Crippen LogP contribution in [0.1, 0.15) is 12.8 Å². The second-order valence-corrected chi connectivity index (χ2v) is 6.63. The summed E-state index contributed by atoms with van der Waals surface area (Å²) in [6.45, 7) is 0.560. The monoisotopic (exact) mass is 308 g/mol. The summed E-state index contributed by atoms with van der Waals surface area (Å²) in [5.41, 5.74) is 0.249. The first kappa shape index (κ1) is 13.4. The summed E-state index contributed by atoms with van der Waals surface area (Å²) in [4.78, 5) is 3.42. The molecule has 0 radical (unpaired) electrons. The molecule has 0 aromatic carbocycles. The van der Waals surface area contributed by atoms with Gasteiger partial charge < -0.3 is 10.3 Å². The zero-order chi connectivity index (χ0) is 13.6. The van der Waals surface area contributed by atoms with Crippen molar-refractivity contribution in [3.63, 3.8) is 0 Å².